The monoisotopic (exact) mass is 395 g/mol. The van der Waals surface area contributed by atoms with Gasteiger partial charge in [-0.3, -0.25) is 9.78 Å². The first-order chi connectivity index (χ1) is 13.3. The number of carbonyl (C=O) groups is 1. The Morgan fingerprint density at radius 1 is 0.964 bits per heavy atom. The van der Waals surface area contributed by atoms with Gasteiger partial charge in [-0.05, 0) is 53.9 Å². The van der Waals surface area contributed by atoms with E-state index in [1.54, 1.807) is 61.8 Å². The maximum atomic E-state index is 12.6. The summed E-state index contributed by atoms with van der Waals surface area (Å²) in [7, 11) is -3.65. The van der Waals surface area contributed by atoms with Crippen LogP contribution in [0.5, 0.6) is 0 Å². The Bertz CT molecular complexity index is 1050. The summed E-state index contributed by atoms with van der Waals surface area (Å²) in [5.74, 6) is -0.129. The molecule has 0 saturated heterocycles. The highest BCUT2D eigenvalue weighted by atomic mass is 32.2. The molecule has 0 aliphatic rings. The standard InChI is InChI=1S/C21H21N3O3S/c1-15(19-4-3-13-22-14-19)24-28(26,27)21-11-7-18(8-12-21)17-5-9-20(10-6-17)23-16(2)25/h3-15,24H,1-2H3,(H,23,25)/t15-/m0/s1. The minimum Gasteiger partial charge on any atom is -0.326 e. The molecule has 2 N–H and O–H groups in total. The zero-order valence-corrected chi connectivity index (χ0v) is 16.4. The van der Waals surface area contributed by atoms with E-state index in [2.05, 4.69) is 15.0 Å². The van der Waals surface area contributed by atoms with Crippen molar-refractivity contribution in [3.8, 4) is 11.1 Å². The smallest absolute Gasteiger partial charge is 0.241 e. The summed E-state index contributed by atoms with van der Waals surface area (Å²) in [6.45, 7) is 3.23. The molecule has 1 atom stereocenters. The van der Waals surface area contributed by atoms with Crippen molar-refractivity contribution in [3.05, 3.63) is 78.6 Å². The first kappa shape index (κ1) is 19.7. The predicted octanol–water partition coefficient (Wildman–Crippen LogP) is 3.75. The number of sulfonamides is 1. The number of hydrogen-bond acceptors (Lipinski definition) is 4. The highest BCUT2D eigenvalue weighted by Crippen LogP contribution is 2.24. The number of hydrogen-bond donors (Lipinski definition) is 2. The molecular formula is C21H21N3O3S. The molecule has 0 radical (unpaired) electrons. The second-order valence-electron chi connectivity index (χ2n) is 6.41. The maximum Gasteiger partial charge on any atom is 0.241 e. The van der Waals surface area contributed by atoms with Crippen molar-refractivity contribution in [3.63, 3.8) is 0 Å². The molecule has 28 heavy (non-hydrogen) atoms. The average molecular weight is 395 g/mol. The van der Waals surface area contributed by atoms with Crippen molar-refractivity contribution in [2.75, 3.05) is 5.32 Å². The van der Waals surface area contributed by atoms with Crippen LogP contribution < -0.4 is 10.0 Å². The molecular weight excluding hydrogens is 374 g/mol. The van der Waals surface area contributed by atoms with Gasteiger partial charge in [-0.1, -0.05) is 30.3 Å². The lowest BCUT2D eigenvalue weighted by molar-refractivity contribution is -0.114. The molecule has 6 nitrogen and oxygen atoms in total. The molecule has 0 unspecified atom stereocenters. The van der Waals surface area contributed by atoms with Gasteiger partial charge < -0.3 is 5.32 Å². The molecule has 2 aromatic carbocycles. The lowest BCUT2D eigenvalue weighted by Crippen LogP contribution is -2.26. The fourth-order valence-electron chi connectivity index (χ4n) is 2.78. The van der Waals surface area contributed by atoms with Gasteiger partial charge in [-0.25, -0.2) is 13.1 Å². The van der Waals surface area contributed by atoms with E-state index in [0.717, 1.165) is 16.7 Å². The number of carbonyl (C=O) groups excluding carboxylic acids is 1. The highest BCUT2D eigenvalue weighted by Gasteiger charge is 2.18. The molecule has 0 saturated carbocycles. The van der Waals surface area contributed by atoms with Crippen LogP contribution in [0, 0.1) is 0 Å². The summed E-state index contributed by atoms with van der Waals surface area (Å²) in [4.78, 5) is 15.3. The van der Waals surface area contributed by atoms with Gasteiger partial charge >= 0.3 is 0 Å². The third-order valence-electron chi connectivity index (χ3n) is 4.22. The van der Waals surface area contributed by atoms with Gasteiger partial charge in [0.15, 0.2) is 0 Å². The van der Waals surface area contributed by atoms with Crippen LogP contribution in [0.3, 0.4) is 0 Å². The van der Waals surface area contributed by atoms with Crippen LogP contribution in [0.1, 0.15) is 25.5 Å². The van der Waals surface area contributed by atoms with E-state index in [-0.39, 0.29) is 16.8 Å². The van der Waals surface area contributed by atoms with Crippen LogP contribution in [0.4, 0.5) is 5.69 Å². The molecule has 1 heterocycles. The first-order valence-electron chi connectivity index (χ1n) is 8.75. The van der Waals surface area contributed by atoms with E-state index in [1.807, 2.05) is 18.2 Å². The maximum absolute atomic E-state index is 12.6. The minimum absolute atomic E-state index is 0.129. The van der Waals surface area contributed by atoms with Crippen molar-refractivity contribution < 1.29 is 13.2 Å². The van der Waals surface area contributed by atoms with Crippen molar-refractivity contribution in [2.45, 2.75) is 24.8 Å². The van der Waals surface area contributed by atoms with Gasteiger partial charge in [0.05, 0.1) is 4.90 Å². The molecule has 0 spiro atoms. The van der Waals surface area contributed by atoms with Crippen LogP contribution in [0.15, 0.2) is 78.0 Å². The molecule has 0 bridgehead atoms. The van der Waals surface area contributed by atoms with Crippen molar-refractivity contribution in [2.24, 2.45) is 0 Å². The summed E-state index contributed by atoms with van der Waals surface area (Å²) in [6, 6.07) is 17.2. The van der Waals surface area contributed by atoms with E-state index in [0.29, 0.717) is 5.69 Å². The second kappa shape index (κ2) is 8.33. The number of amides is 1. The van der Waals surface area contributed by atoms with Crippen LogP contribution in [-0.2, 0) is 14.8 Å². The Balaban J connectivity index is 1.75. The van der Waals surface area contributed by atoms with E-state index in [9.17, 15) is 13.2 Å². The number of pyridine rings is 1. The summed E-state index contributed by atoms with van der Waals surface area (Å²) in [5, 5.41) is 2.71. The zero-order chi connectivity index (χ0) is 20.1. The lowest BCUT2D eigenvalue weighted by atomic mass is 10.1. The summed E-state index contributed by atoms with van der Waals surface area (Å²) in [6.07, 6.45) is 3.28. The summed E-state index contributed by atoms with van der Waals surface area (Å²) < 4.78 is 27.9. The van der Waals surface area contributed by atoms with Gasteiger partial charge in [0.2, 0.25) is 15.9 Å². The normalized spacial score (nSPS) is 12.4. The van der Waals surface area contributed by atoms with Gasteiger partial charge in [-0.2, -0.15) is 0 Å². The molecule has 0 aliphatic heterocycles. The Kier molecular flexibility index (Phi) is 5.87. The van der Waals surface area contributed by atoms with Gasteiger partial charge in [0.25, 0.3) is 0 Å². The van der Waals surface area contributed by atoms with Crippen LogP contribution in [0.25, 0.3) is 11.1 Å². The molecule has 144 valence electrons. The minimum atomic E-state index is -3.65. The number of aromatic nitrogens is 1. The molecule has 0 aliphatic carbocycles. The van der Waals surface area contributed by atoms with Crippen LogP contribution in [0.2, 0.25) is 0 Å². The number of nitrogens with zero attached hydrogens (tertiary/aromatic N) is 1. The molecule has 1 aromatic heterocycles. The number of benzene rings is 2. The van der Waals surface area contributed by atoms with Crippen molar-refractivity contribution in [1.29, 1.82) is 0 Å². The number of anilines is 1. The SMILES string of the molecule is CC(=O)Nc1ccc(-c2ccc(S(=O)(=O)N[C@@H](C)c3cccnc3)cc2)cc1. The average Bonchev–Trinajstić information content (AvgIpc) is 2.68. The molecule has 7 heteroatoms. The molecule has 3 aromatic rings. The van der Waals surface area contributed by atoms with E-state index < -0.39 is 10.0 Å². The fraction of sp³-hybridized carbons (Fsp3) is 0.143. The third kappa shape index (κ3) is 4.82. The van der Waals surface area contributed by atoms with E-state index in [1.165, 1.54) is 6.92 Å². The van der Waals surface area contributed by atoms with Crippen molar-refractivity contribution in [1.82, 2.24) is 9.71 Å². The highest BCUT2D eigenvalue weighted by molar-refractivity contribution is 7.89. The predicted molar refractivity (Wildman–Crippen MR) is 109 cm³/mol. The Hall–Kier alpha value is -3.03. The first-order valence-corrected chi connectivity index (χ1v) is 10.2. The zero-order valence-electron chi connectivity index (χ0n) is 15.6. The van der Waals surface area contributed by atoms with E-state index >= 15 is 0 Å². The Morgan fingerprint density at radius 3 is 2.11 bits per heavy atom. The van der Waals surface area contributed by atoms with E-state index in [4.69, 9.17) is 0 Å². The number of rotatable bonds is 6. The molecule has 1 amide bonds. The molecule has 0 fully saturated rings. The Morgan fingerprint density at radius 2 is 1.57 bits per heavy atom. The Labute approximate surface area is 164 Å². The lowest BCUT2D eigenvalue weighted by Gasteiger charge is -2.14. The second-order valence-corrected chi connectivity index (χ2v) is 8.13. The van der Waals surface area contributed by atoms with Crippen molar-refractivity contribution >= 4 is 21.6 Å². The number of nitrogens with one attached hydrogen (secondary N) is 2. The summed E-state index contributed by atoms with van der Waals surface area (Å²) in [5.41, 5.74) is 3.31. The van der Waals surface area contributed by atoms with Gasteiger partial charge in [0, 0.05) is 31.0 Å². The topological polar surface area (TPSA) is 88.2 Å². The van der Waals surface area contributed by atoms with Gasteiger partial charge in [-0.15, -0.1) is 0 Å². The quantitative estimate of drug-likeness (QED) is 0.665. The van der Waals surface area contributed by atoms with Gasteiger partial charge in [0.1, 0.15) is 0 Å². The largest absolute Gasteiger partial charge is 0.326 e. The van der Waals surface area contributed by atoms with Crippen LogP contribution in [-0.4, -0.2) is 19.3 Å². The third-order valence-corrected chi connectivity index (χ3v) is 5.78. The fourth-order valence-corrected chi connectivity index (χ4v) is 4.01. The van der Waals surface area contributed by atoms with Crippen LogP contribution >= 0.6 is 0 Å². The summed E-state index contributed by atoms with van der Waals surface area (Å²) >= 11 is 0. The molecule has 3 rings (SSSR count).